The van der Waals surface area contributed by atoms with E-state index in [4.69, 9.17) is 5.73 Å². The normalized spacial score (nSPS) is 10.5. The molecule has 112 valence electrons. The summed E-state index contributed by atoms with van der Waals surface area (Å²) in [6.45, 7) is 2.55. The van der Waals surface area contributed by atoms with Crippen molar-refractivity contribution < 1.29 is 14.3 Å². The number of aromatic nitrogens is 2. The van der Waals surface area contributed by atoms with Crippen LogP contribution in [-0.4, -0.2) is 28.5 Å². The molecule has 0 atom stereocenters. The summed E-state index contributed by atoms with van der Waals surface area (Å²) in [5.41, 5.74) is 5.05. The standard InChI is InChI=1S/C13H21N3O4/c1-3-4-5-6-7-16-9(8-10(14)17)11(12(18)20-2)15-13(16)19/h3-8H2,1-2H3,(H2,14,17)(H,15,19). The zero-order valence-corrected chi connectivity index (χ0v) is 11.9. The molecule has 20 heavy (non-hydrogen) atoms. The minimum absolute atomic E-state index is 0.00629. The molecule has 1 aromatic rings. The monoisotopic (exact) mass is 283 g/mol. The number of unbranched alkanes of at least 4 members (excludes halogenated alkanes) is 3. The number of carbonyl (C=O) groups is 2. The summed E-state index contributed by atoms with van der Waals surface area (Å²) in [5.74, 6) is -1.28. The number of nitrogens with zero attached hydrogens (tertiary/aromatic N) is 1. The Bertz CT molecular complexity index is 530. The van der Waals surface area contributed by atoms with Crippen LogP contribution in [0.4, 0.5) is 0 Å². The zero-order chi connectivity index (χ0) is 15.1. The minimum atomic E-state index is -0.675. The highest BCUT2D eigenvalue weighted by Gasteiger charge is 2.21. The number of carbonyl (C=O) groups excluding carboxylic acids is 2. The molecule has 0 aliphatic carbocycles. The molecule has 0 aromatic carbocycles. The van der Waals surface area contributed by atoms with E-state index < -0.39 is 17.6 Å². The van der Waals surface area contributed by atoms with Gasteiger partial charge in [0, 0.05) is 6.54 Å². The first-order valence-corrected chi connectivity index (χ1v) is 6.69. The van der Waals surface area contributed by atoms with Crippen molar-refractivity contribution in [2.45, 2.75) is 45.6 Å². The second kappa shape index (κ2) is 7.52. The van der Waals surface area contributed by atoms with Gasteiger partial charge in [-0.25, -0.2) is 9.59 Å². The van der Waals surface area contributed by atoms with Gasteiger partial charge in [0.25, 0.3) is 0 Å². The average molecular weight is 283 g/mol. The Kier molecular flexibility index (Phi) is 6.02. The van der Waals surface area contributed by atoms with Gasteiger partial charge in [-0.1, -0.05) is 26.2 Å². The quantitative estimate of drug-likeness (QED) is 0.537. The number of nitrogens with two attached hydrogens (primary N) is 1. The Hall–Kier alpha value is -2.05. The van der Waals surface area contributed by atoms with Crippen LogP contribution >= 0.6 is 0 Å². The number of hydrogen-bond donors (Lipinski definition) is 2. The lowest BCUT2D eigenvalue weighted by Gasteiger charge is -2.07. The van der Waals surface area contributed by atoms with Crippen molar-refractivity contribution in [2.75, 3.05) is 7.11 Å². The van der Waals surface area contributed by atoms with Gasteiger partial charge in [-0.15, -0.1) is 0 Å². The highest BCUT2D eigenvalue weighted by atomic mass is 16.5. The van der Waals surface area contributed by atoms with E-state index in [1.54, 1.807) is 0 Å². The van der Waals surface area contributed by atoms with E-state index >= 15 is 0 Å². The molecule has 0 spiro atoms. The maximum Gasteiger partial charge on any atom is 0.356 e. The topological polar surface area (TPSA) is 107 Å². The van der Waals surface area contributed by atoms with Crippen LogP contribution in [0.25, 0.3) is 0 Å². The predicted molar refractivity (Wildman–Crippen MR) is 73.4 cm³/mol. The molecule has 1 aromatic heterocycles. The van der Waals surface area contributed by atoms with Crippen molar-refractivity contribution in [1.82, 2.24) is 9.55 Å². The van der Waals surface area contributed by atoms with E-state index in [2.05, 4.69) is 16.6 Å². The number of H-pyrrole nitrogens is 1. The molecular formula is C13H21N3O4. The van der Waals surface area contributed by atoms with Crippen molar-refractivity contribution in [3.63, 3.8) is 0 Å². The first kappa shape index (κ1) is 16.0. The number of nitrogens with one attached hydrogen (secondary N) is 1. The van der Waals surface area contributed by atoms with E-state index in [9.17, 15) is 14.4 Å². The van der Waals surface area contributed by atoms with Gasteiger partial charge in [-0.3, -0.25) is 14.3 Å². The third kappa shape index (κ3) is 3.97. The number of primary amides is 1. The molecule has 0 saturated carbocycles. The van der Waals surface area contributed by atoms with Crippen LogP contribution in [0.2, 0.25) is 0 Å². The smallest absolute Gasteiger partial charge is 0.356 e. The molecule has 0 aliphatic rings. The molecule has 7 nitrogen and oxygen atoms in total. The van der Waals surface area contributed by atoms with Gasteiger partial charge in [-0.05, 0) is 6.42 Å². The van der Waals surface area contributed by atoms with E-state index in [1.807, 2.05) is 0 Å². The third-order valence-corrected chi connectivity index (χ3v) is 3.06. The van der Waals surface area contributed by atoms with E-state index in [0.29, 0.717) is 12.2 Å². The first-order chi connectivity index (χ1) is 9.51. The first-order valence-electron chi connectivity index (χ1n) is 6.69. The second-order valence-electron chi connectivity index (χ2n) is 4.60. The van der Waals surface area contributed by atoms with Gasteiger partial charge in [0.1, 0.15) is 5.69 Å². The number of rotatable bonds is 8. The second-order valence-corrected chi connectivity index (χ2v) is 4.60. The van der Waals surface area contributed by atoms with Gasteiger partial charge in [0.05, 0.1) is 19.2 Å². The minimum Gasteiger partial charge on any atom is -0.464 e. The summed E-state index contributed by atoms with van der Waals surface area (Å²) in [4.78, 5) is 37.0. The molecule has 7 heteroatoms. The Morgan fingerprint density at radius 2 is 2.00 bits per heavy atom. The number of imidazole rings is 1. The number of hydrogen-bond acceptors (Lipinski definition) is 4. The fourth-order valence-electron chi connectivity index (χ4n) is 2.06. The number of methoxy groups -OCH3 is 1. The molecule has 0 aliphatic heterocycles. The summed E-state index contributed by atoms with van der Waals surface area (Å²) in [6.07, 6.45) is 3.78. The van der Waals surface area contributed by atoms with Crippen LogP contribution in [0.3, 0.4) is 0 Å². The van der Waals surface area contributed by atoms with Crippen LogP contribution in [0, 0.1) is 0 Å². The van der Waals surface area contributed by atoms with Gasteiger partial charge < -0.3 is 10.5 Å². The molecule has 1 rings (SSSR count). The highest BCUT2D eigenvalue weighted by Crippen LogP contribution is 2.09. The van der Waals surface area contributed by atoms with E-state index in [1.165, 1.54) is 11.7 Å². The van der Waals surface area contributed by atoms with Gasteiger partial charge in [0.2, 0.25) is 5.91 Å². The molecule has 0 radical (unpaired) electrons. The van der Waals surface area contributed by atoms with Crippen LogP contribution in [-0.2, 0) is 22.5 Å². The lowest BCUT2D eigenvalue weighted by Crippen LogP contribution is -2.23. The highest BCUT2D eigenvalue weighted by molar-refractivity contribution is 5.90. The number of aromatic amines is 1. The Balaban J connectivity index is 3.01. The molecular weight excluding hydrogens is 262 g/mol. The summed E-state index contributed by atoms with van der Waals surface area (Å²) < 4.78 is 5.99. The Morgan fingerprint density at radius 3 is 2.55 bits per heavy atom. The predicted octanol–water partition coefficient (Wildman–Crippen LogP) is 0.571. The van der Waals surface area contributed by atoms with Crippen LogP contribution in [0.15, 0.2) is 4.79 Å². The molecule has 0 saturated heterocycles. The van der Waals surface area contributed by atoms with Crippen molar-refractivity contribution >= 4 is 11.9 Å². The van der Waals surface area contributed by atoms with E-state index in [-0.39, 0.29) is 12.1 Å². The number of amides is 1. The number of ether oxygens (including phenoxy) is 1. The summed E-state index contributed by atoms with van der Waals surface area (Å²) in [7, 11) is 1.22. The van der Waals surface area contributed by atoms with E-state index in [0.717, 1.165) is 25.7 Å². The maximum absolute atomic E-state index is 11.9. The van der Waals surface area contributed by atoms with Crippen LogP contribution in [0.5, 0.6) is 0 Å². The Morgan fingerprint density at radius 1 is 1.30 bits per heavy atom. The molecule has 0 bridgehead atoms. The molecule has 1 heterocycles. The molecule has 3 N–H and O–H groups in total. The fraction of sp³-hybridized carbons (Fsp3) is 0.615. The van der Waals surface area contributed by atoms with Crippen molar-refractivity contribution in [2.24, 2.45) is 5.73 Å². The van der Waals surface area contributed by atoms with Gasteiger partial charge in [-0.2, -0.15) is 0 Å². The van der Waals surface area contributed by atoms with Crippen molar-refractivity contribution in [1.29, 1.82) is 0 Å². The zero-order valence-electron chi connectivity index (χ0n) is 11.9. The van der Waals surface area contributed by atoms with Gasteiger partial charge >= 0.3 is 11.7 Å². The summed E-state index contributed by atoms with van der Waals surface area (Å²) in [5, 5.41) is 0. The molecule has 0 unspecified atom stereocenters. The maximum atomic E-state index is 11.9. The van der Waals surface area contributed by atoms with Crippen molar-refractivity contribution in [3.8, 4) is 0 Å². The SMILES string of the molecule is CCCCCCn1c(CC(N)=O)c(C(=O)OC)[nH]c1=O. The lowest BCUT2D eigenvalue weighted by molar-refractivity contribution is -0.117. The fourth-order valence-corrected chi connectivity index (χ4v) is 2.06. The largest absolute Gasteiger partial charge is 0.464 e. The van der Waals surface area contributed by atoms with Crippen LogP contribution < -0.4 is 11.4 Å². The number of esters is 1. The Labute approximate surface area is 117 Å². The third-order valence-electron chi connectivity index (χ3n) is 3.06. The summed E-state index contributed by atoms with van der Waals surface area (Å²) in [6, 6.07) is 0. The van der Waals surface area contributed by atoms with Crippen molar-refractivity contribution in [3.05, 3.63) is 21.9 Å². The van der Waals surface area contributed by atoms with Gasteiger partial charge in [0.15, 0.2) is 0 Å². The summed E-state index contributed by atoms with van der Waals surface area (Å²) >= 11 is 0. The average Bonchev–Trinajstić information content (AvgIpc) is 2.70. The lowest BCUT2D eigenvalue weighted by atomic mass is 10.2. The molecule has 1 amide bonds. The van der Waals surface area contributed by atoms with Crippen LogP contribution in [0.1, 0.15) is 48.8 Å². The molecule has 0 fully saturated rings.